The summed E-state index contributed by atoms with van der Waals surface area (Å²) in [6.45, 7) is 1.14. The maximum Gasteiger partial charge on any atom is 0.288 e. The van der Waals surface area contributed by atoms with Crippen molar-refractivity contribution in [3.8, 4) is 0 Å². The van der Waals surface area contributed by atoms with Gasteiger partial charge in [-0.3, -0.25) is 4.79 Å². The second-order valence-corrected chi connectivity index (χ2v) is 6.74. The second-order valence-electron chi connectivity index (χ2n) is 4.89. The Bertz CT molecular complexity index is 588. The minimum atomic E-state index is -2.44. The molecule has 0 bridgehead atoms. The Hall–Kier alpha value is -1.44. The zero-order valence-corrected chi connectivity index (χ0v) is 13.6. The lowest BCUT2D eigenvalue weighted by molar-refractivity contribution is -0.885. The molecule has 1 atom stereocenters. The van der Waals surface area contributed by atoms with Gasteiger partial charge in [0, 0.05) is 16.1 Å². The first-order valence-electron chi connectivity index (χ1n) is 6.70. The van der Waals surface area contributed by atoms with Crippen LogP contribution in [0.3, 0.4) is 0 Å². The monoisotopic (exact) mass is 343 g/mol. The summed E-state index contributed by atoms with van der Waals surface area (Å²) in [7, 11) is 1.96. The van der Waals surface area contributed by atoms with E-state index < -0.39 is 5.76 Å². The molecule has 1 amide bonds. The van der Waals surface area contributed by atoms with Gasteiger partial charge in [0.25, 0.3) is 11.7 Å². The van der Waals surface area contributed by atoms with Crippen LogP contribution in [0.25, 0.3) is 0 Å². The molecule has 0 aliphatic rings. The molecular weight excluding hydrogens is 326 g/mol. The van der Waals surface area contributed by atoms with E-state index in [2.05, 4.69) is 10.7 Å². The fourth-order valence-corrected chi connectivity index (χ4v) is 3.17. The largest absolute Gasteiger partial charge is 0.326 e. The molecule has 2 aromatic rings. The van der Waals surface area contributed by atoms with E-state index in [-0.39, 0.29) is 5.91 Å². The molecule has 0 saturated heterocycles. The summed E-state index contributed by atoms with van der Waals surface area (Å²) < 4.78 is 24.4. The van der Waals surface area contributed by atoms with E-state index in [9.17, 15) is 13.6 Å². The number of hydrogen-bond donors (Lipinski definition) is 2. The van der Waals surface area contributed by atoms with Crippen LogP contribution < -0.4 is 10.2 Å². The van der Waals surface area contributed by atoms with Gasteiger partial charge in [0.1, 0.15) is 6.54 Å². The van der Waals surface area contributed by atoms with E-state index >= 15 is 0 Å². The number of rotatable bonds is 7. The van der Waals surface area contributed by atoms with Gasteiger partial charge in [-0.05, 0) is 41.1 Å². The summed E-state index contributed by atoms with van der Waals surface area (Å²) in [6, 6.07) is 8.47. The van der Waals surface area contributed by atoms with E-state index in [0.717, 1.165) is 11.4 Å². The number of carbonyl (C=O) groups excluding carboxylic acids is 1. The van der Waals surface area contributed by atoms with Crippen molar-refractivity contribution in [3.05, 3.63) is 46.7 Å². The van der Waals surface area contributed by atoms with Crippen LogP contribution in [0.1, 0.15) is 5.56 Å². The van der Waals surface area contributed by atoms with Gasteiger partial charge in [-0.2, -0.15) is 20.1 Å². The first-order chi connectivity index (χ1) is 10.5. The highest BCUT2D eigenvalue weighted by Crippen LogP contribution is 2.26. The number of benzene rings is 1. The van der Waals surface area contributed by atoms with E-state index in [1.54, 1.807) is 35.6 Å². The molecule has 0 spiro atoms. The molecule has 7 heteroatoms. The first-order valence-corrected chi connectivity index (χ1v) is 8.52. The average molecular weight is 343 g/mol. The number of quaternary nitrogens is 1. The number of hydrogen-bond acceptors (Lipinski definition) is 3. The first kappa shape index (κ1) is 16.9. The van der Waals surface area contributed by atoms with Crippen molar-refractivity contribution >= 4 is 34.7 Å². The third kappa shape index (κ3) is 5.75. The predicted octanol–water partition coefficient (Wildman–Crippen LogP) is 2.72. The highest BCUT2D eigenvalue weighted by atomic mass is 32.2. The van der Waals surface area contributed by atoms with Crippen LogP contribution in [0, 0.1) is 0 Å². The van der Waals surface area contributed by atoms with Crippen molar-refractivity contribution in [2.24, 2.45) is 0 Å². The summed E-state index contributed by atoms with van der Waals surface area (Å²) >= 11 is 2.13. The van der Waals surface area contributed by atoms with Crippen LogP contribution in [0.5, 0.6) is 0 Å². The number of anilines is 1. The number of likely N-dealkylation sites (N-methyl/N-ethyl adjacent to an activating group) is 1. The third-order valence-electron chi connectivity index (χ3n) is 2.91. The molecule has 1 unspecified atom stereocenters. The molecule has 0 fully saturated rings. The summed E-state index contributed by atoms with van der Waals surface area (Å²) in [5, 5.41) is 6.86. The molecule has 0 saturated carbocycles. The molecule has 1 aromatic carbocycles. The molecule has 118 valence electrons. The lowest BCUT2D eigenvalue weighted by atomic mass is 10.3. The summed E-state index contributed by atoms with van der Waals surface area (Å²) in [4.78, 5) is 13.5. The average Bonchev–Trinajstić information content (AvgIpc) is 2.93. The summed E-state index contributed by atoms with van der Waals surface area (Å²) in [5.74, 6) is -2.53. The number of alkyl halides is 2. The maximum atomic E-state index is 12.2. The quantitative estimate of drug-likeness (QED) is 0.758. The SMILES string of the molecule is C[NH+](CC(=O)Nc1ccc(SC(F)F)cc1)Cc1ccsc1. The van der Waals surface area contributed by atoms with Crippen molar-refractivity contribution in [2.75, 3.05) is 18.9 Å². The van der Waals surface area contributed by atoms with Gasteiger partial charge in [0.15, 0.2) is 6.54 Å². The molecule has 22 heavy (non-hydrogen) atoms. The van der Waals surface area contributed by atoms with Gasteiger partial charge in [0.05, 0.1) is 7.05 Å². The number of thioether (sulfide) groups is 1. The molecule has 1 heterocycles. The van der Waals surface area contributed by atoms with Gasteiger partial charge in [-0.25, -0.2) is 0 Å². The molecular formula is C15H17F2N2OS2+. The lowest BCUT2D eigenvalue weighted by Gasteiger charge is -2.13. The van der Waals surface area contributed by atoms with Crippen LogP contribution >= 0.6 is 23.1 Å². The minimum absolute atomic E-state index is 0.0954. The van der Waals surface area contributed by atoms with Crippen LogP contribution in [0.2, 0.25) is 0 Å². The van der Waals surface area contributed by atoms with E-state index in [0.29, 0.717) is 28.9 Å². The van der Waals surface area contributed by atoms with Crippen LogP contribution in [-0.2, 0) is 11.3 Å². The molecule has 2 N–H and O–H groups in total. The van der Waals surface area contributed by atoms with Crippen molar-refractivity contribution in [1.29, 1.82) is 0 Å². The van der Waals surface area contributed by atoms with Gasteiger partial charge >= 0.3 is 0 Å². The van der Waals surface area contributed by atoms with Crippen molar-refractivity contribution < 1.29 is 18.5 Å². The van der Waals surface area contributed by atoms with Crippen molar-refractivity contribution in [3.63, 3.8) is 0 Å². The molecule has 1 aromatic heterocycles. The molecule has 2 rings (SSSR count). The van der Waals surface area contributed by atoms with E-state index in [4.69, 9.17) is 0 Å². The minimum Gasteiger partial charge on any atom is -0.326 e. The van der Waals surface area contributed by atoms with Gasteiger partial charge in [-0.15, -0.1) is 0 Å². The van der Waals surface area contributed by atoms with E-state index in [1.807, 2.05) is 18.5 Å². The smallest absolute Gasteiger partial charge is 0.288 e. The number of halogens is 2. The fraction of sp³-hybridized carbons (Fsp3) is 0.267. The number of carbonyl (C=O) groups is 1. The lowest BCUT2D eigenvalue weighted by Crippen LogP contribution is -3.08. The predicted molar refractivity (Wildman–Crippen MR) is 86.7 cm³/mol. The Morgan fingerprint density at radius 1 is 1.32 bits per heavy atom. The molecule has 3 nitrogen and oxygen atoms in total. The zero-order chi connectivity index (χ0) is 15.9. The van der Waals surface area contributed by atoms with Gasteiger partial charge < -0.3 is 10.2 Å². The Morgan fingerprint density at radius 2 is 2.05 bits per heavy atom. The highest BCUT2D eigenvalue weighted by Gasteiger charge is 2.11. The van der Waals surface area contributed by atoms with Crippen LogP contribution in [0.15, 0.2) is 46.0 Å². The Balaban J connectivity index is 1.81. The normalized spacial score (nSPS) is 12.4. The molecule has 0 aliphatic heterocycles. The summed E-state index contributed by atoms with van der Waals surface area (Å²) in [5.41, 5.74) is 1.83. The molecule has 0 radical (unpaired) electrons. The Kier molecular flexibility index (Phi) is 6.35. The number of amides is 1. The van der Waals surface area contributed by atoms with Gasteiger partial charge in [-0.1, -0.05) is 11.8 Å². The number of thiophene rings is 1. The Morgan fingerprint density at radius 3 is 2.64 bits per heavy atom. The van der Waals surface area contributed by atoms with Crippen molar-refractivity contribution in [2.45, 2.75) is 17.2 Å². The van der Waals surface area contributed by atoms with Crippen molar-refractivity contribution in [1.82, 2.24) is 0 Å². The third-order valence-corrected chi connectivity index (χ3v) is 4.37. The van der Waals surface area contributed by atoms with Gasteiger partial charge in [0.2, 0.25) is 0 Å². The van der Waals surface area contributed by atoms with Crippen LogP contribution in [-0.4, -0.2) is 25.3 Å². The Labute approximate surface area is 136 Å². The standard InChI is InChI=1S/C15H16F2N2OS2/c1-19(8-11-6-7-21-10-11)9-14(20)18-12-2-4-13(5-3-12)22-15(16)17/h2-7,10,15H,8-9H2,1H3,(H,18,20)/p+1. The highest BCUT2D eigenvalue weighted by molar-refractivity contribution is 7.99. The summed E-state index contributed by atoms with van der Waals surface area (Å²) in [6.07, 6.45) is 0. The fourth-order valence-electron chi connectivity index (χ4n) is 2.00. The topological polar surface area (TPSA) is 33.5 Å². The maximum absolute atomic E-state index is 12.2. The molecule has 0 aliphatic carbocycles. The zero-order valence-electron chi connectivity index (χ0n) is 12.0. The van der Waals surface area contributed by atoms with E-state index in [1.165, 1.54) is 5.56 Å². The van der Waals surface area contributed by atoms with Crippen LogP contribution in [0.4, 0.5) is 14.5 Å². The second kappa shape index (κ2) is 8.26. The number of nitrogens with one attached hydrogen (secondary N) is 2.